The van der Waals surface area contributed by atoms with Crippen LogP contribution in [-0.4, -0.2) is 143 Å². The van der Waals surface area contributed by atoms with E-state index in [2.05, 4.69) is 37.2 Å². The Balaban J connectivity index is 0.00000583. The van der Waals surface area contributed by atoms with Crippen molar-refractivity contribution in [2.75, 3.05) is 13.2 Å². The number of carbonyl (C=O) groups excluding carboxylic acids is 9. The van der Waals surface area contributed by atoms with Crippen molar-refractivity contribution in [2.24, 2.45) is 35.0 Å². The molecule has 8 amide bonds. The molecule has 9 atom stereocenters. The number of alkyl halides is 3. The molecule has 0 bridgehead atoms. The van der Waals surface area contributed by atoms with Crippen LogP contribution in [0, 0.1) is 17.8 Å². The lowest BCUT2D eigenvalue weighted by Crippen LogP contribution is -2.64. The Kier molecular flexibility index (Phi) is 29.0. The van der Waals surface area contributed by atoms with Gasteiger partial charge in [0.1, 0.15) is 36.3 Å². The van der Waals surface area contributed by atoms with E-state index in [9.17, 15) is 61.4 Å². The van der Waals surface area contributed by atoms with Gasteiger partial charge in [0.25, 0.3) is 5.91 Å². The van der Waals surface area contributed by atoms with Crippen LogP contribution in [0.1, 0.15) is 100.0 Å². The van der Waals surface area contributed by atoms with Gasteiger partial charge in [0.2, 0.25) is 47.5 Å². The predicted molar refractivity (Wildman–Crippen MR) is 255 cm³/mol. The Labute approximate surface area is 417 Å². The van der Waals surface area contributed by atoms with Crippen LogP contribution in [0.25, 0.3) is 0 Å². The van der Waals surface area contributed by atoms with Crippen LogP contribution >= 0.6 is 0 Å². The second kappa shape index (κ2) is 31.8. The van der Waals surface area contributed by atoms with Gasteiger partial charge in [0, 0.05) is 0 Å². The van der Waals surface area contributed by atoms with Crippen LogP contribution in [0.3, 0.4) is 0 Å². The van der Waals surface area contributed by atoms with Gasteiger partial charge in [0.05, 0.1) is 12.6 Å². The zero-order chi connectivity index (χ0) is 54.3. The minimum Gasteiger partial charge on any atom is -0.475 e. The zero-order valence-corrected chi connectivity index (χ0v) is 40.9. The summed E-state index contributed by atoms with van der Waals surface area (Å²) in [7, 11) is 0. The number of halogens is 3. The summed E-state index contributed by atoms with van der Waals surface area (Å²) in [6.07, 6.45) is -5.96. The van der Waals surface area contributed by atoms with Crippen LogP contribution in [-0.2, 0) is 59.1 Å². The maximum Gasteiger partial charge on any atom is 0.490 e. The first-order valence-electron chi connectivity index (χ1n) is 23.1. The summed E-state index contributed by atoms with van der Waals surface area (Å²) in [6, 6.07) is -2.23. The van der Waals surface area contributed by atoms with Crippen LogP contribution in [0.5, 0.6) is 0 Å². The predicted octanol–water partition coefficient (Wildman–Crippen LogP) is -1.09. The van der Waals surface area contributed by atoms with Crippen molar-refractivity contribution in [3.05, 3.63) is 35.9 Å². The molecule has 1 saturated heterocycles. The molecule has 0 saturated carbocycles. The number of ether oxygens (including phenoxy) is 1. The average Bonchev–Trinajstić information content (AvgIpc) is 3.27. The SMILES string of the molecule is C.CC(C)C[C@@H]1NC(=O)[C@H](C)NC(=O)[C@H](NC(=O)[C@H](CO)NC(=O)[C@@H](CCCCN)NC(=O)[C@@H](CC(C)C)NC(=O)[C@@H](N)Cc2ccccc2)[C@H](C(N)=O)OC(=O)[C@H](CC(C)C)NC1=O.O=C(O)C(F)(F)F. The van der Waals surface area contributed by atoms with Gasteiger partial charge in [-0.25, -0.2) is 9.59 Å². The van der Waals surface area contributed by atoms with E-state index in [-0.39, 0.29) is 63.8 Å². The number of benzene rings is 1. The zero-order valence-electron chi connectivity index (χ0n) is 40.9. The molecule has 0 aromatic heterocycles. The lowest BCUT2D eigenvalue weighted by molar-refractivity contribution is -0.192. The summed E-state index contributed by atoms with van der Waals surface area (Å²) in [5.41, 5.74) is 18.3. The number of amides is 8. The minimum atomic E-state index is -5.08. The number of nitrogens with one attached hydrogen (secondary N) is 7. The Bertz CT molecular complexity index is 1980. The van der Waals surface area contributed by atoms with E-state index in [1.807, 2.05) is 45.9 Å². The van der Waals surface area contributed by atoms with E-state index in [1.54, 1.807) is 26.0 Å². The summed E-state index contributed by atoms with van der Waals surface area (Å²) >= 11 is 0. The molecule has 2 rings (SSSR count). The minimum absolute atomic E-state index is 0. The van der Waals surface area contributed by atoms with Crippen molar-refractivity contribution in [2.45, 2.75) is 161 Å². The average molecular weight is 1030 g/mol. The highest BCUT2D eigenvalue weighted by atomic mass is 19.4. The smallest absolute Gasteiger partial charge is 0.475 e. The van der Waals surface area contributed by atoms with Gasteiger partial charge in [-0.2, -0.15) is 13.2 Å². The van der Waals surface area contributed by atoms with Gasteiger partial charge >= 0.3 is 18.1 Å². The number of nitrogens with two attached hydrogens (primary N) is 3. The maximum atomic E-state index is 13.9. The summed E-state index contributed by atoms with van der Waals surface area (Å²) in [5.74, 6) is -12.0. The summed E-state index contributed by atoms with van der Waals surface area (Å²) in [4.78, 5) is 131. The van der Waals surface area contributed by atoms with Gasteiger partial charge in [-0.05, 0) is 81.7 Å². The van der Waals surface area contributed by atoms with Gasteiger partial charge in [-0.1, -0.05) is 79.3 Å². The van der Waals surface area contributed by atoms with Crippen LogP contribution in [0.4, 0.5) is 13.2 Å². The molecule has 1 aliphatic rings. The molecule has 1 aliphatic heterocycles. The second-order valence-corrected chi connectivity index (χ2v) is 18.2. The van der Waals surface area contributed by atoms with Crippen molar-refractivity contribution < 1.29 is 76.1 Å². The van der Waals surface area contributed by atoms with Crippen molar-refractivity contribution in [3.8, 4) is 0 Å². The number of carboxylic acid groups (broad SMARTS) is 1. The monoisotopic (exact) mass is 1030 g/mol. The number of carboxylic acids is 1. The second-order valence-electron chi connectivity index (χ2n) is 18.2. The van der Waals surface area contributed by atoms with Crippen LogP contribution in [0.15, 0.2) is 30.3 Å². The first-order chi connectivity index (χ1) is 33.0. The van der Waals surface area contributed by atoms with Gasteiger partial charge < -0.3 is 69.4 Å². The number of hydrogen-bond acceptors (Lipinski definition) is 14. The number of carbonyl (C=O) groups is 10. The van der Waals surface area contributed by atoms with Gasteiger partial charge in [0.15, 0.2) is 6.04 Å². The normalized spacial score (nSPS) is 20.3. The van der Waals surface area contributed by atoms with E-state index < -0.39 is 126 Å². The molecule has 0 unspecified atom stereocenters. The molecule has 0 radical (unpaired) electrons. The van der Waals surface area contributed by atoms with Crippen molar-refractivity contribution >= 4 is 59.2 Å². The number of cyclic esters (lactones) is 1. The molecule has 1 aromatic carbocycles. The molecule has 72 heavy (non-hydrogen) atoms. The Morgan fingerprint density at radius 3 is 1.75 bits per heavy atom. The van der Waals surface area contributed by atoms with Crippen LogP contribution < -0.4 is 54.4 Å². The number of hydrogen-bond donors (Lipinski definition) is 12. The molecular formula is C46H75F3N10O13. The molecule has 0 spiro atoms. The highest BCUT2D eigenvalue weighted by Crippen LogP contribution is 2.15. The number of primary amides is 1. The summed E-state index contributed by atoms with van der Waals surface area (Å²) < 4.78 is 37.2. The van der Waals surface area contributed by atoms with E-state index in [0.29, 0.717) is 12.8 Å². The number of aliphatic hydroxyl groups excluding tert-OH is 1. The molecule has 23 nitrogen and oxygen atoms in total. The van der Waals surface area contributed by atoms with Crippen molar-refractivity contribution in [1.82, 2.24) is 37.2 Å². The van der Waals surface area contributed by atoms with Gasteiger partial charge in [-0.15, -0.1) is 0 Å². The lowest BCUT2D eigenvalue weighted by Gasteiger charge is -2.29. The van der Waals surface area contributed by atoms with Gasteiger partial charge in [-0.3, -0.25) is 38.4 Å². The third kappa shape index (κ3) is 23.7. The third-order valence-corrected chi connectivity index (χ3v) is 10.4. The molecule has 1 heterocycles. The number of rotatable bonds is 22. The summed E-state index contributed by atoms with van der Waals surface area (Å²) in [5, 5.41) is 34.8. The van der Waals surface area contributed by atoms with Crippen molar-refractivity contribution in [3.63, 3.8) is 0 Å². The first kappa shape index (κ1) is 65.6. The maximum absolute atomic E-state index is 13.9. The highest BCUT2D eigenvalue weighted by molar-refractivity contribution is 6.00. The topological polar surface area (TPSA) is 383 Å². The molecule has 1 fully saturated rings. The summed E-state index contributed by atoms with van der Waals surface area (Å²) in [6.45, 7) is 11.3. The lowest BCUT2D eigenvalue weighted by atomic mass is 10.00. The standard InChI is InChI=1S/C43H70N10O11.C2HF3O2.CH4/c1-22(2)17-29-40(60)51-31(19-24(5)6)43(63)64-34(35(46)55)33(42(62)47-25(7)36(56)49-29)53-41(61)32(21-54)52-38(58)28(15-11-12-16-44)48-39(59)30(18-23(3)4)50-37(57)27(45)20-26-13-9-8-10-14-26;3-2(4,5)1(6)7;/h8-10,13-14,22-25,27-34,54H,11-12,15-21,44-45H2,1-7H3,(H2,46,55)(H,47,62)(H,48,59)(H,49,56)(H,50,57)(H,51,60)(H,52,58)(H,53,61);(H,6,7);1H4/t25-,27-,28+,29-,30+,31-,32-,33+,34+;;/m0../s1. The Morgan fingerprint density at radius 2 is 1.25 bits per heavy atom. The molecule has 0 aliphatic carbocycles. The fourth-order valence-corrected chi connectivity index (χ4v) is 6.80. The number of aliphatic carboxylic acids is 1. The van der Waals surface area contributed by atoms with Crippen LogP contribution in [0.2, 0.25) is 0 Å². The molecule has 15 N–H and O–H groups in total. The Morgan fingerprint density at radius 1 is 0.736 bits per heavy atom. The fraction of sp³-hybridized carbons (Fsp3) is 0.652. The first-order valence-corrected chi connectivity index (χ1v) is 23.1. The quantitative estimate of drug-likeness (QED) is 0.0485. The Hall–Kier alpha value is -6.41. The molecular weight excluding hydrogens is 958 g/mol. The highest BCUT2D eigenvalue weighted by Gasteiger charge is 2.42. The molecule has 26 heteroatoms. The van der Waals surface area contributed by atoms with Crippen molar-refractivity contribution in [1.29, 1.82) is 0 Å². The largest absolute Gasteiger partial charge is 0.490 e. The third-order valence-electron chi connectivity index (χ3n) is 10.4. The van der Waals surface area contributed by atoms with E-state index in [4.69, 9.17) is 31.8 Å². The molecule has 1 aromatic rings. The number of unbranched alkanes of at least 4 members (excludes halogenated alkanes) is 1. The fourth-order valence-electron chi connectivity index (χ4n) is 6.80. The van der Waals surface area contributed by atoms with E-state index in [1.165, 1.54) is 6.92 Å². The van der Waals surface area contributed by atoms with E-state index >= 15 is 0 Å². The number of esters is 1. The number of aliphatic hydroxyl groups is 1. The molecule has 408 valence electrons. The van der Waals surface area contributed by atoms with E-state index in [0.717, 1.165) is 5.56 Å².